The molecule has 1 unspecified atom stereocenters. The largest absolute Gasteiger partial charge is 0.486 e. The van der Waals surface area contributed by atoms with E-state index in [0.717, 1.165) is 70.1 Å². The van der Waals surface area contributed by atoms with Crippen LogP contribution in [-0.4, -0.2) is 29.6 Å². The fourth-order valence-electron chi connectivity index (χ4n) is 3.85. The van der Waals surface area contributed by atoms with E-state index in [0.29, 0.717) is 6.42 Å². The van der Waals surface area contributed by atoms with Gasteiger partial charge in [-0.05, 0) is 32.3 Å². The molecule has 0 amide bonds. The Kier molecular flexibility index (Phi) is 14.1. The molecule has 2 rings (SSSR count). The van der Waals surface area contributed by atoms with Crippen molar-refractivity contribution in [2.24, 2.45) is 0 Å². The molecule has 6 nitrogen and oxygen atoms in total. The molecule has 0 bridgehead atoms. The van der Waals surface area contributed by atoms with Gasteiger partial charge in [-0.3, -0.25) is 0 Å². The second kappa shape index (κ2) is 17.0. The molecule has 0 spiro atoms. The lowest BCUT2D eigenvalue weighted by Gasteiger charge is -2.18. The molecule has 39 heavy (non-hydrogen) atoms. The first-order valence-electron chi connectivity index (χ1n) is 13.6. The number of halogens is 4. The molecule has 0 aliphatic rings. The first-order valence-corrected chi connectivity index (χ1v) is 14.0. The molecular weight excluding hydrogens is 535 g/mol. The first kappa shape index (κ1) is 32.4. The maximum atomic E-state index is 14.9. The number of rotatable bonds is 17. The predicted octanol–water partition coefficient (Wildman–Crippen LogP) is 8.63. The van der Waals surface area contributed by atoms with Gasteiger partial charge in [-0.1, -0.05) is 76.8 Å². The molecule has 0 aliphatic carbocycles. The lowest BCUT2D eigenvalue weighted by Crippen LogP contribution is -2.19. The van der Waals surface area contributed by atoms with Gasteiger partial charge in [0.05, 0.1) is 18.3 Å². The Balaban J connectivity index is 1.99. The van der Waals surface area contributed by atoms with Gasteiger partial charge >= 0.3 is 11.9 Å². The topological polar surface area (TPSA) is 74.7 Å². The molecular formula is C29H37ClF3NO5. The van der Waals surface area contributed by atoms with Gasteiger partial charge in [0, 0.05) is 12.3 Å². The molecule has 10 heteroatoms. The Morgan fingerprint density at radius 1 is 0.872 bits per heavy atom. The normalized spacial score (nSPS) is 11.8. The summed E-state index contributed by atoms with van der Waals surface area (Å²) in [7, 11) is 0. The first-order chi connectivity index (χ1) is 18.7. The van der Waals surface area contributed by atoms with Crippen LogP contribution in [0.2, 0.25) is 5.02 Å². The van der Waals surface area contributed by atoms with Crippen LogP contribution in [0, 0.1) is 17.5 Å². The number of carbonyl (C=O) groups is 2. The molecule has 0 fully saturated rings. The zero-order valence-corrected chi connectivity index (χ0v) is 23.6. The average Bonchev–Trinajstić information content (AvgIpc) is 2.92. The second-order valence-corrected chi connectivity index (χ2v) is 9.79. The Hall–Kier alpha value is -2.81. The van der Waals surface area contributed by atoms with Crippen molar-refractivity contribution < 1.29 is 37.0 Å². The molecule has 216 valence electrons. The monoisotopic (exact) mass is 571 g/mol. The molecule has 0 saturated carbocycles. The van der Waals surface area contributed by atoms with Gasteiger partial charge in [-0.15, -0.1) is 0 Å². The van der Waals surface area contributed by atoms with Crippen LogP contribution in [0.1, 0.15) is 112 Å². The molecule has 0 saturated heterocycles. The van der Waals surface area contributed by atoms with Gasteiger partial charge in [-0.2, -0.15) is 4.39 Å². The number of hydrogen-bond acceptors (Lipinski definition) is 6. The Labute approximate surface area is 233 Å². The number of aromatic nitrogens is 1. The number of esters is 2. The Bertz CT molecular complexity index is 1050. The van der Waals surface area contributed by atoms with Gasteiger partial charge in [-0.25, -0.2) is 23.4 Å². The highest BCUT2D eigenvalue weighted by atomic mass is 35.5. The highest BCUT2D eigenvalue weighted by Crippen LogP contribution is 2.36. The van der Waals surface area contributed by atoms with Crippen molar-refractivity contribution in [2.75, 3.05) is 6.61 Å². The summed E-state index contributed by atoms with van der Waals surface area (Å²) in [6.45, 7) is 6.11. The Morgan fingerprint density at radius 2 is 1.51 bits per heavy atom. The van der Waals surface area contributed by atoms with Crippen LogP contribution >= 0.6 is 11.6 Å². The molecule has 1 aromatic carbocycles. The van der Waals surface area contributed by atoms with Crippen LogP contribution in [0.25, 0.3) is 0 Å². The molecule has 1 aromatic heterocycles. The molecule has 1 heterocycles. The standard InChI is InChI=1S/C29H37ClF3NO5/c1-4-6-8-10-11-13-17-37-28(35)20-15-16-21(34-18-20)39-29(36)22-24(31)23(30)27(26(33)25(22)32)38-19(3)14-12-9-7-5-2/h15-16,18-19H,4-14,17H2,1-3H3. The lowest BCUT2D eigenvalue weighted by molar-refractivity contribution is 0.0497. The summed E-state index contributed by atoms with van der Waals surface area (Å²) < 4.78 is 59.8. The summed E-state index contributed by atoms with van der Waals surface area (Å²) in [5.41, 5.74) is -1.21. The van der Waals surface area contributed by atoms with E-state index in [9.17, 15) is 22.8 Å². The summed E-state index contributed by atoms with van der Waals surface area (Å²) in [4.78, 5) is 28.4. The van der Waals surface area contributed by atoms with Crippen LogP contribution in [0.3, 0.4) is 0 Å². The zero-order valence-electron chi connectivity index (χ0n) is 22.8. The van der Waals surface area contributed by atoms with Gasteiger partial charge in [0.2, 0.25) is 11.7 Å². The lowest BCUT2D eigenvalue weighted by atomic mass is 10.1. The van der Waals surface area contributed by atoms with Crippen molar-refractivity contribution >= 4 is 23.5 Å². The SMILES string of the molecule is CCCCCCCCOC(=O)c1ccc(OC(=O)c2c(F)c(F)c(OC(C)CCCCCC)c(Cl)c2F)nc1. The van der Waals surface area contributed by atoms with Crippen LogP contribution in [0.15, 0.2) is 18.3 Å². The fourth-order valence-corrected chi connectivity index (χ4v) is 4.07. The number of carbonyl (C=O) groups excluding carboxylic acids is 2. The highest BCUT2D eigenvalue weighted by Gasteiger charge is 2.31. The number of ether oxygens (including phenoxy) is 3. The average molecular weight is 572 g/mol. The van der Waals surface area contributed by atoms with E-state index in [1.165, 1.54) is 12.5 Å². The van der Waals surface area contributed by atoms with Crippen LogP contribution < -0.4 is 9.47 Å². The maximum Gasteiger partial charge on any atom is 0.351 e. The van der Waals surface area contributed by atoms with Crippen LogP contribution in [0.4, 0.5) is 13.2 Å². The van der Waals surface area contributed by atoms with Gasteiger partial charge in [0.15, 0.2) is 17.4 Å². The van der Waals surface area contributed by atoms with E-state index >= 15 is 0 Å². The van der Waals surface area contributed by atoms with Gasteiger partial charge in [0.25, 0.3) is 0 Å². The number of benzene rings is 1. The van der Waals surface area contributed by atoms with Crippen LogP contribution in [-0.2, 0) is 4.74 Å². The molecule has 0 N–H and O–H groups in total. The molecule has 1 atom stereocenters. The minimum atomic E-state index is -1.79. The van der Waals surface area contributed by atoms with Crippen LogP contribution in [0.5, 0.6) is 11.6 Å². The van der Waals surface area contributed by atoms with Crippen molar-refractivity contribution in [1.29, 1.82) is 0 Å². The van der Waals surface area contributed by atoms with E-state index < -0.39 is 51.8 Å². The van der Waals surface area contributed by atoms with E-state index in [-0.39, 0.29) is 18.1 Å². The molecule has 0 radical (unpaired) electrons. The smallest absolute Gasteiger partial charge is 0.351 e. The van der Waals surface area contributed by atoms with Gasteiger partial charge < -0.3 is 14.2 Å². The number of hydrogen-bond donors (Lipinski definition) is 0. The van der Waals surface area contributed by atoms with Crippen molar-refractivity contribution in [3.8, 4) is 11.6 Å². The van der Waals surface area contributed by atoms with E-state index in [4.69, 9.17) is 25.8 Å². The third-order valence-electron chi connectivity index (χ3n) is 6.11. The Morgan fingerprint density at radius 3 is 2.15 bits per heavy atom. The summed E-state index contributed by atoms with van der Waals surface area (Å²) in [5, 5.41) is -0.863. The summed E-state index contributed by atoms with van der Waals surface area (Å²) in [6.07, 6.45) is 11.2. The van der Waals surface area contributed by atoms with Crippen molar-refractivity contribution in [3.05, 3.63) is 51.9 Å². The van der Waals surface area contributed by atoms with E-state index in [1.54, 1.807) is 6.92 Å². The molecule has 2 aromatic rings. The summed E-state index contributed by atoms with van der Waals surface area (Å²) >= 11 is 5.91. The van der Waals surface area contributed by atoms with Crippen molar-refractivity contribution in [2.45, 2.75) is 97.5 Å². The van der Waals surface area contributed by atoms with Crippen molar-refractivity contribution in [3.63, 3.8) is 0 Å². The van der Waals surface area contributed by atoms with Crippen molar-refractivity contribution in [1.82, 2.24) is 4.98 Å². The zero-order chi connectivity index (χ0) is 28.8. The summed E-state index contributed by atoms with van der Waals surface area (Å²) in [6, 6.07) is 2.45. The van der Waals surface area contributed by atoms with E-state index in [2.05, 4.69) is 18.8 Å². The third kappa shape index (κ3) is 10.0. The predicted molar refractivity (Wildman–Crippen MR) is 143 cm³/mol. The third-order valence-corrected chi connectivity index (χ3v) is 6.45. The molecule has 0 aliphatic heterocycles. The van der Waals surface area contributed by atoms with E-state index in [1.807, 2.05) is 0 Å². The summed E-state index contributed by atoms with van der Waals surface area (Å²) in [5.74, 6) is -8.19. The van der Waals surface area contributed by atoms with Gasteiger partial charge in [0.1, 0.15) is 10.6 Å². The minimum Gasteiger partial charge on any atom is -0.486 e. The number of nitrogens with zero attached hydrogens (tertiary/aromatic N) is 1. The maximum absolute atomic E-state index is 14.9. The second-order valence-electron chi connectivity index (χ2n) is 9.42. The highest BCUT2D eigenvalue weighted by molar-refractivity contribution is 6.32. The minimum absolute atomic E-state index is 0.109. The quantitative estimate of drug-likeness (QED) is 0.107. The number of pyridine rings is 1. The fraction of sp³-hybridized carbons (Fsp3) is 0.552. The number of unbranched alkanes of at least 4 members (excludes halogenated alkanes) is 8.